The van der Waals surface area contributed by atoms with Crippen molar-refractivity contribution in [3.05, 3.63) is 69.8 Å². The van der Waals surface area contributed by atoms with Crippen LogP contribution in [0.2, 0.25) is 0 Å². The third-order valence-electron chi connectivity index (χ3n) is 5.83. The number of nitrogens with one attached hydrogen (secondary N) is 1. The number of ketones is 1. The molecule has 0 saturated heterocycles. The molecule has 1 rings (SSSR count). The topological polar surface area (TPSA) is 84.9 Å². The summed E-state index contributed by atoms with van der Waals surface area (Å²) in [5, 5.41) is 12.8. The monoisotopic (exact) mass is 565 g/mol. The Morgan fingerprint density at radius 1 is 1.21 bits per heavy atom. The van der Waals surface area contributed by atoms with Crippen molar-refractivity contribution in [2.24, 2.45) is 11.8 Å². The molecule has 1 aromatic heterocycles. The van der Waals surface area contributed by atoms with Crippen LogP contribution in [0.4, 0.5) is 4.39 Å². The zero-order valence-electron chi connectivity index (χ0n) is 24.6. The van der Waals surface area contributed by atoms with Crippen molar-refractivity contribution >= 4 is 23.6 Å². The van der Waals surface area contributed by atoms with Gasteiger partial charge in [-0.05, 0) is 76.3 Å². The Bertz CT molecular complexity index is 949. The summed E-state index contributed by atoms with van der Waals surface area (Å²) in [4.78, 5) is 25.2. The number of ether oxygens (including phenoxy) is 2. The molecule has 0 spiro atoms. The molecule has 0 amide bonds. The Morgan fingerprint density at radius 2 is 1.90 bits per heavy atom. The van der Waals surface area contributed by atoms with Gasteiger partial charge in [-0.2, -0.15) is 0 Å². The number of methoxy groups -OCH3 is 1. The minimum absolute atomic E-state index is 0.114. The summed E-state index contributed by atoms with van der Waals surface area (Å²) in [5.74, 6) is 1.04. The molecule has 0 bridgehead atoms. The van der Waals surface area contributed by atoms with E-state index >= 15 is 0 Å². The van der Waals surface area contributed by atoms with Gasteiger partial charge in [0.1, 0.15) is 11.5 Å². The largest absolute Gasteiger partial charge is 0.507 e. The molecule has 6 nitrogen and oxygen atoms in total. The molecule has 0 aliphatic carbocycles. The number of hydrogen-bond acceptors (Lipinski definition) is 7. The minimum atomic E-state index is -0.181. The maximum absolute atomic E-state index is 11.9. The zero-order chi connectivity index (χ0) is 29.6. The molecule has 0 radical (unpaired) electrons. The Balaban J connectivity index is 0.000000820. The number of rotatable bonds is 19. The van der Waals surface area contributed by atoms with Crippen LogP contribution < -0.4 is 5.32 Å². The molecule has 0 aliphatic rings. The molecule has 0 fully saturated rings. The second-order valence-electron chi connectivity index (χ2n) is 9.67. The summed E-state index contributed by atoms with van der Waals surface area (Å²) >= 11 is 1.93. The number of halogens is 1. The van der Waals surface area contributed by atoms with Gasteiger partial charge in [-0.3, -0.25) is 14.0 Å². The molecule has 220 valence electrons. The summed E-state index contributed by atoms with van der Waals surface area (Å²) in [7, 11) is 1.52. The molecule has 0 aromatic carbocycles. The van der Waals surface area contributed by atoms with Crippen LogP contribution in [-0.4, -0.2) is 31.1 Å². The van der Waals surface area contributed by atoms with Gasteiger partial charge in [-0.1, -0.05) is 40.2 Å². The number of aryl methyl sites for hydroxylation is 1. The maximum atomic E-state index is 11.9. The second kappa shape index (κ2) is 22.0. The summed E-state index contributed by atoms with van der Waals surface area (Å²) in [6.45, 7) is 13.4. The molecule has 1 unspecified atom stereocenters. The van der Waals surface area contributed by atoms with E-state index in [-0.39, 0.29) is 29.7 Å². The number of thiophene rings is 1. The maximum Gasteiger partial charge on any atom is 0.298 e. The van der Waals surface area contributed by atoms with Crippen molar-refractivity contribution in [2.75, 3.05) is 13.8 Å². The highest BCUT2D eigenvalue weighted by atomic mass is 32.1. The summed E-state index contributed by atoms with van der Waals surface area (Å²) in [6, 6.07) is 4.48. The molecular weight excluding hydrogens is 517 g/mol. The molecule has 1 atom stereocenters. The summed E-state index contributed by atoms with van der Waals surface area (Å²) in [5.41, 5.74) is 0.249. The van der Waals surface area contributed by atoms with Gasteiger partial charge < -0.3 is 19.9 Å². The number of hydrogen-bond donors (Lipinski definition) is 2. The first-order chi connectivity index (χ1) is 18.6. The highest BCUT2D eigenvalue weighted by Gasteiger charge is 2.13. The average molecular weight is 566 g/mol. The lowest BCUT2D eigenvalue weighted by Gasteiger charge is -2.13. The van der Waals surface area contributed by atoms with Crippen LogP contribution >= 0.6 is 11.3 Å². The quantitative estimate of drug-likeness (QED) is 0.0579. The lowest BCUT2D eigenvalue weighted by molar-refractivity contribution is -0.125. The number of aliphatic hydroxyl groups excluding tert-OH is 1. The molecule has 8 heteroatoms. The number of allylic oxidation sites excluding steroid dienone is 4. The zero-order valence-corrected chi connectivity index (χ0v) is 25.4. The first kappa shape index (κ1) is 36.1. The molecule has 1 heterocycles. The van der Waals surface area contributed by atoms with Gasteiger partial charge in [-0.15, -0.1) is 11.3 Å². The fourth-order valence-electron chi connectivity index (χ4n) is 3.42. The van der Waals surface area contributed by atoms with Crippen molar-refractivity contribution in [2.45, 2.75) is 86.0 Å². The van der Waals surface area contributed by atoms with E-state index in [2.05, 4.69) is 37.9 Å². The fourth-order valence-corrected chi connectivity index (χ4v) is 4.69. The normalized spacial score (nSPS) is 12.9. The number of unbranched alkanes of at least 4 members (excludes halogenated alkanes) is 2. The van der Waals surface area contributed by atoms with E-state index in [9.17, 15) is 19.1 Å². The first-order valence-electron chi connectivity index (χ1n) is 13.6. The van der Waals surface area contributed by atoms with Gasteiger partial charge in [0.25, 0.3) is 6.47 Å². The molecule has 0 aliphatic heterocycles. The molecular formula is C31H48FNO5S. The van der Waals surface area contributed by atoms with Crippen LogP contribution in [0.3, 0.4) is 0 Å². The lowest BCUT2D eigenvalue weighted by Crippen LogP contribution is -2.06. The Morgan fingerprint density at radius 3 is 2.49 bits per heavy atom. The van der Waals surface area contributed by atoms with E-state index in [1.54, 1.807) is 13.1 Å². The lowest BCUT2D eigenvalue weighted by atomic mass is 10.0. The first-order valence-corrected chi connectivity index (χ1v) is 14.4. The third kappa shape index (κ3) is 17.4. The van der Waals surface area contributed by atoms with Crippen molar-refractivity contribution in [1.82, 2.24) is 5.32 Å². The Kier molecular flexibility index (Phi) is 20.4. The number of carbonyl (C=O) groups excluding carboxylic acids is 2. The van der Waals surface area contributed by atoms with Gasteiger partial charge in [0.15, 0.2) is 11.7 Å². The highest BCUT2D eigenvalue weighted by molar-refractivity contribution is 7.11. The fraction of sp³-hybridized carbons (Fsp3) is 0.548. The van der Waals surface area contributed by atoms with E-state index in [4.69, 9.17) is 9.47 Å². The van der Waals surface area contributed by atoms with E-state index < -0.39 is 0 Å². The van der Waals surface area contributed by atoms with Gasteiger partial charge in [0.2, 0.25) is 0 Å². The smallest absolute Gasteiger partial charge is 0.298 e. The van der Waals surface area contributed by atoms with Crippen LogP contribution in [0.25, 0.3) is 0 Å². The van der Waals surface area contributed by atoms with E-state index in [1.807, 2.05) is 24.3 Å². The van der Waals surface area contributed by atoms with Crippen molar-refractivity contribution in [3.63, 3.8) is 0 Å². The molecule has 1 aromatic rings. The van der Waals surface area contributed by atoms with E-state index in [1.165, 1.54) is 36.3 Å². The molecule has 2 N–H and O–H groups in total. The van der Waals surface area contributed by atoms with Crippen LogP contribution in [0, 0.1) is 11.8 Å². The highest BCUT2D eigenvalue weighted by Crippen LogP contribution is 2.22. The van der Waals surface area contributed by atoms with Crippen molar-refractivity contribution in [1.29, 1.82) is 0 Å². The molecule has 39 heavy (non-hydrogen) atoms. The van der Waals surface area contributed by atoms with Crippen molar-refractivity contribution < 1.29 is 28.6 Å². The summed E-state index contributed by atoms with van der Waals surface area (Å²) in [6.07, 6.45) is 11.8. The third-order valence-corrected chi connectivity index (χ3v) is 7.00. The van der Waals surface area contributed by atoms with Gasteiger partial charge in [-0.25, -0.2) is 0 Å². The van der Waals surface area contributed by atoms with Crippen molar-refractivity contribution in [3.8, 4) is 0 Å². The number of alkyl halides is 1. The predicted molar refractivity (Wildman–Crippen MR) is 159 cm³/mol. The van der Waals surface area contributed by atoms with Crippen LogP contribution in [0.15, 0.2) is 60.0 Å². The predicted octanol–water partition coefficient (Wildman–Crippen LogP) is 8.12. The van der Waals surface area contributed by atoms with E-state index in [0.717, 1.165) is 31.6 Å². The van der Waals surface area contributed by atoms with Gasteiger partial charge in [0, 0.05) is 33.7 Å². The van der Waals surface area contributed by atoms with Crippen LogP contribution in [-0.2, 0) is 31.9 Å². The Hall–Kier alpha value is -2.87. The van der Waals surface area contributed by atoms with Gasteiger partial charge in [0.05, 0.1) is 13.8 Å². The van der Waals surface area contributed by atoms with Crippen LogP contribution in [0.1, 0.15) is 82.9 Å². The standard InChI is InChI=1S/C18H27NO5.C13H21FS/c1-6-16(21)14(3)17(22)11-18(24-12-20)13(2)9-7-8-10-19-15(4)23-5;1-11(2)10-13-8-7-12(15-13)6-4-3-5-9-14/h8,10-13,19,22H,4,6-7,9H2,1-3,5H3;7-8,11H,3-6,9-10H2,1-2H3/b10-8+,17-14-,18-11-;. The number of Topliss-reactive ketones (excluding diaryl/α,β-unsaturated/α-hetero) is 1. The number of aliphatic hydroxyl groups is 1. The average Bonchev–Trinajstić information content (AvgIpc) is 3.35. The number of carbonyl (C=O) groups is 2. The molecule has 0 saturated carbocycles. The SMILES string of the molecule is C=C(N/C=C/CCC(C)/C(=C/C(O)=C(\C)C(=O)CC)OC=O)OC.CC(C)Cc1ccc(CCCCCF)s1. The second-order valence-corrected chi connectivity index (χ2v) is 10.9. The minimum Gasteiger partial charge on any atom is -0.507 e. The van der Waals surface area contributed by atoms with Crippen LogP contribution in [0.5, 0.6) is 0 Å². The van der Waals surface area contributed by atoms with E-state index in [0.29, 0.717) is 37.4 Å². The van der Waals surface area contributed by atoms with Gasteiger partial charge >= 0.3 is 0 Å². The summed E-state index contributed by atoms with van der Waals surface area (Å²) < 4.78 is 21.7. The Labute approximate surface area is 238 Å².